The molecule has 0 aliphatic rings. The Morgan fingerprint density at radius 3 is 1.63 bits per heavy atom. The Hall–Kier alpha value is -7.73. The molecule has 5 heteroatoms. The molecule has 0 radical (unpaired) electrons. The smallest absolute Gasteiger partial charge is 0.164 e. The first kappa shape index (κ1) is 34.3. The van der Waals surface area contributed by atoms with Gasteiger partial charge in [-0.05, 0) is 92.7 Å². The number of hydrogen-bond donors (Lipinski definition) is 0. The van der Waals surface area contributed by atoms with E-state index in [0.717, 1.165) is 82.8 Å². The van der Waals surface area contributed by atoms with E-state index in [2.05, 4.69) is 182 Å². The van der Waals surface area contributed by atoms with Gasteiger partial charge in [0.15, 0.2) is 17.5 Å². The minimum absolute atomic E-state index is 0.629. The molecule has 60 heavy (non-hydrogen) atoms. The van der Waals surface area contributed by atoms with Gasteiger partial charge in [-0.3, -0.25) is 0 Å². The van der Waals surface area contributed by atoms with Crippen molar-refractivity contribution in [3.63, 3.8) is 0 Å². The van der Waals surface area contributed by atoms with E-state index in [0.29, 0.717) is 17.5 Å². The summed E-state index contributed by atoms with van der Waals surface area (Å²) in [4.78, 5) is 15.5. The highest BCUT2D eigenvalue weighted by Crippen LogP contribution is 2.41. The van der Waals surface area contributed by atoms with E-state index in [1.54, 1.807) is 11.3 Å². The molecule has 0 aliphatic heterocycles. The fraction of sp³-hybridized carbons (Fsp3) is 0. The third kappa shape index (κ3) is 5.95. The molecule has 280 valence electrons. The highest BCUT2D eigenvalue weighted by atomic mass is 32.1. The topological polar surface area (TPSA) is 51.8 Å². The van der Waals surface area contributed by atoms with Gasteiger partial charge < -0.3 is 4.42 Å². The molecule has 0 fully saturated rings. The fourth-order valence-corrected chi connectivity index (χ4v) is 9.67. The van der Waals surface area contributed by atoms with Gasteiger partial charge in [0.1, 0.15) is 11.2 Å². The van der Waals surface area contributed by atoms with Gasteiger partial charge in [0, 0.05) is 47.6 Å². The molecule has 0 atom stereocenters. The minimum atomic E-state index is 0.629. The number of para-hydroxylation sites is 1. The predicted octanol–water partition coefficient (Wildman–Crippen LogP) is 15.3. The number of rotatable bonds is 6. The van der Waals surface area contributed by atoms with Crippen LogP contribution in [-0.4, -0.2) is 15.0 Å². The Bertz CT molecular complexity index is 3610. The summed E-state index contributed by atoms with van der Waals surface area (Å²) < 4.78 is 8.93. The van der Waals surface area contributed by atoms with Gasteiger partial charge in [0.05, 0.1) is 0 Å². The second-order valence-corrected chi connectivity index (χ2v) is 16.3. The number of thiophene rings is 1. The number of furan rings is 1. The monoisotopic (exact) mass is 783 g/mol. The summed E-state index contributed by atoms with van der Waals surface area (Å²) in [7, 11) is 0. The lowest BCUT2D eigenvalue weighted by Gasteiger charge is -2.12. The van der Waals surface area contributed by atoms with Crippen LogP contribution in [0.5, 0.6) is 0 Å². The lowest BCUT2D eigenvalue weighted by Crippen LogP contribution is -2.00. The van der Waals surface area contributed by atoms with Crippen molar-refractivity contribution in [1.82, 2.24) is 15.0 Å². The lowest BCUT2D eigenvalue weighted by atomic mass is 9.93. The van der Waals surface area contributed by atoms with Gasteiger partial charge in [-0.15, -0.1) is 11.3 Å². The number of hydrogen-bond acceptors (Lipinski definition) is 5. The van der Waals surface area contributed by atoms with E-state index < -0.39 is 0 Å². The van der Waals surface area contributed by atoms with Crippen molar-refractivity contribution in [2.45, 2.75) is 0 Å². The second-order valence-electron chi connectivity index (χ2n) is 15.2. The SMILES string of the molecule is c1ccc(-c2cccc(-c3nc(-c4ccc5cc(-c6cc(-c7ccccc7)cc7oc8ccccc8c67)ccc5c4)nc(-c4ccc5c(c4)sc4ccccc45)n3)c2)cc1. The Kier molecular flexibility index (Phi) is 8.00. The Balaban J connectivity index is 0.994. The molecule has 0 N–H and O–H groups in total. The summed E-state index contributed by atoms with van der Waals surface area (Å²) in [5.41, 5.74) is 11.4. The minimum Gasteiger partial charge on any atom is -0.456 e. The Morgan fingerprint density at radius 1 is 0.317 bits per heavy atom. The van der Waals surface area contributed by atoms with Crippen molar-refractivity contribution in [2.75, 3.05) is 0 Å². The average Bonchev–Trinajstić information content (AvgIpc) is 3.89. The molecule has 3 heterocycles. The quantitative estimate of drug-likeness (QED) is 0.169. The van der Waals surface area contributed by atoms with Crippen LogP contribution in [0.3, 0.4) is 0 Å². The zero-order valence-corrected chi connectivity index (χ0v) is 33.0. The predicted molar refractivity (Wildman–Crippen MR) is 250 cm³/mol. The summed E-state index contributed by atoms with van der Waals surface area (Å²) in [6.07, 6.45) is 0. The van der Waals surface area contributed by atoms with Gasteiger partial charge in [-0.25, -0.2) is 15.0 Å². The van der Waals surface area contributed by atoms with Crippen LogP contribution in [0.2, 0.25) is 0 Å². The molecule has 0 amide bonds. The van der Waals surface area contributed by atoms with Crippen molar-refractivity contribution < 1.29 is 4.42 Å². The summed E-state index contributed by atoms with van der Waals surface area (Å²) in [6.45, 7) is 0. The number of fused-ring (bicyclic) bond motifs is 7. The molecule has 0 spiro atoms. The van der Waals surface area contributed by atoms with Gasteiger partial charge in [-0.2, -0.15) is 0 Å². The first-order valence-electron chi connectivity index (χ1n) is 20.1. The molecule has 12 rings (SSSR count). The van der Waals surface area contributed by atoms with Crippen molar-refractivity contribution in [3.8, 4) is 67.5 Å². The molecule has 0 bridgehead atoms. The van der Waals surface area contributed by atoms with Crippen molar-refractivity contribution in [2.24, 2.45) is 0 Å². The first-order chi connectivity index (χ1) is 29.7. The number of benzene rings is 9. The van der Waals surface area contributed by atoms with Crippen LogP contribution in [0.1, 0.15) is 0 Å². The maximum Gasteiger partial charge on any atom is 0.164 e. The normalized spacial score (nSPS) is 11.7. The second kappa shape index (κ2) is 14.0. The summed E-state index contributed by atoms with van der Waals surface area (Å²) in [6, 6.07) is 70.5. The summed E-state index contributed by atoms with van der Waals surface area (Å²) in [5, 5.41) is 6.97. The molecule has 4 nitrogen and oxygen atoms in total. The van der Waals surface area contributed by atoms with Gasteiger partial charge in [-0.1, -0.05) is 152 Å². The van der Waals surface area contributed by atoms with Crippen molar-refractivity contribution in [1.29, 1.82) is 0 Å². The van der Waals surface area contributed by atoms with Gasteiger partial charge in [0.2, 0.25) is 0 Å². The van der Waals surface area contributed by atoms with Gasteiger partial charge >= 0.3 is 0 Å². The van der Waals surface area contributed by atoms with Crippen molar-refractivity contribution >= 4 is 64.2 Å². The third-order valence-electron chi connectivity index (χ3n) is 11.5. The Labute approximate surface area is 349 Å². The zero-order chi connectivity index (χ0) is 39.6. The van der Waals surface area contributed by atoms with E-state index in [1.807, 2.05) is 18.2 Å². The molecule has 0 unspecified atom stereocenters. The lowest BCUT2D eigenvalue weighted by molar-refractivity contribution is 0.669. The van der Waals surface area contributed by atoms with E-state index in [4.69, 9.17) is 19.4 Å². The van der Waals surface area contributed by atoms with E-state index in [-0.39, 0.29) is 0 Å². The van der Waals surface area contributed by atoms with Crippen LogP contribution in [0, 0.1) is 0 Å². The van der Waals surface area contributed by atoms with Crippen LogP contribution in [0.25, 0.3) is 120 Å². The third-order valence-corrected chi connectivity index (χ3v) is 12.6. The standard InChI is InChI=1S/C55H33N3OS/c1-3-12-34(13-4-1)36-16-11-17-40(29-36)53-56-54(58-55(57-53)42-26-27-45-44-18-8-10-21-50(44)60-51(45)33-42)41-25-23-37-28-39(24-22-38(37)30-41)47-31-43(35-14-5-2-6-15-35)32-49-52(47)46-19-7-9-20-48(46)59-49/h1-33H. The van der Waals surface area contributed by atoms with Crippen LogP contribution < -0.4 is 0 Å². The largest absolute Gasteiger partial charge is 0.456 e. The average molecular weight is 784 g/mol. The van der Waals surface area contributed by atoms with Crippen LogP contribution >= 0.6 is 11.3 Å². The molecule has 0 aliphatic carbocycles. The zero-order valence-electron chi connectivity index (χ0n) is 32.2. The van der Waals surface area contributed by atoms with Gasteiger partial charge in [0.25, 0.3) is 0 Å². The summed E-state index contributed by atoms with van der Waals surface area (Å²) in [5.74, 6) is 1.91. The molecule has 0 saturated carbocycles. The highest BCUT2D eigenvalue weighted by molar-refractivity contribution is 7.25. The van der Waals surface area contributed by atoms with Crippen molar-refractivity contribution in [3.05, 3.63) is 200 Å². The molecular formula is C55H33N3OS. The molecule has 12 aromatic rings. The molecule has 9 aromatic carbocycles. The highest BCUT2D eigenvalue weighted by Gasteiger charge is 2.18. The molecule has 0 saturated heterocycles. The maximum absolute atomic E-state index is 6.46. The summed E-state index contributed by atoms with van der Waals surface area (Å²) >= 11 is 1.80. The number of aromatic nitrogens is 3. The van der Waals surface area contributed by atoms with Crippen LogP contribution in [0.4, 0.5) is 0 Å². The molecule has 3 aromatic heterocycles. The van der Waals surface area contributed by atoms with Crippen LogP contribution in [0.15, 0.2) is 205 Å². The molecular weight excluding hydrogens is 751 g/mol. The van der Waals surface area contributed by atoms with E-state index in [1.165, 1.54) is 20.2 Å². The Morgan fingerprint density at radius 2 is 0.867 bits per heavy atom. The van der Waals surface area contributed by atoms with Crippen LogP contribution in [-0.2, 0) is 0 Å². The van der Waals surface area contributed by atoms with E-state index >= 15 is 0 Å². The number of nitrogens with zero attached hydrogens (tertiary/aromatic N) is 3. The fourth-order valence-electron chi connectivity index (χ4n) is 8.53. The maximum atomic E-state index is 6.46. The van der Waals surface area contributed by atoms with E-state index in [9.17, 15) is 0 Å². The first-order valence-corrected chi connectivity index (χ1v) is 20.9.